The number of aliphatic carboxylic acids is 1. The van der Waals surface area contributed by atoms with Gasteiger partial charge < -0.3 is 37.0 Å². The van der Waals surface area contributed by atoms with E-state index in [-0.39, 0.29) is 5.92 Å². The van der Waals surface area contributed by atoms with Crippen LogP contribution >= 0.6 is 0 Å². The standard InChI is InChI=1S/C15H28N4O7/c1-4-7(2)11(15(25)26)19-12(22)8(3)17-14(24)10(6-21)18-13(23)9(16)5-20/h7-11,20-21H,4-6,16H2,1-3H3,(H,17,24)(H,18,23)(H,19,22)(H,25,26). The number of aliphatic hydroxyl groups is 2. The molecule has 26 heavy (non-hydrogen) atoms. The Labute approximate surface area is 151 Å². The zero-order valence-electron chi connectivity index (χ0n) is 15.1. The van der Waals surface area contributed by atoms with E-state index in [4.69, 9.17) is 10.8 Å². The van der Waals surface area contributed by atoms with Crippen molar-refractivity contribution in [2.24, 2.45) is 11.7 Å². The van der Waals surface area contributed by atoms with E-state index in [2.05, 4.69) is 16.0 Å². The molecule has 11 heteroatoms. The molecule has 0 bridgehead atoms. The second kappa shape index (κ2) is 11.4. The van der Waals surface area contributed by atoms with E-state index in [0.717, 1.165) is 0 Å². The van der Waals surface area contributed by atoms with Gasteiger partial charge in [-0.2, -0.15) is 0 Å². The third-order valence-corrected chi connectivity index (χ3v) is 3.88. The monoisotopic (exact) mass is 376 g/mol. The number of carbonyl (C=O) groups is 4. The van der Waals surface area contributed by atoms with Crippen molar-refractivity contribution in [1.82, 2.24) is 16.0 Å². The molecule has 0 saturated heterocycles. The Hall–Kier alpha value is -2.24. The molecule has 8 N–H and O–H groups in total. The third-order valence-electron chi connectivity index (χ3n) is 3.88. The Bertz CT molecular complexity index is 514. The van der Waals surface area contributed by atoms with E-state index < -0.39 is 61.1 Å². The lowest BCUT2D eigenvalue weighted by Crippen LogP contribution is -2.58. The molecule has 3 amide bonds. The minimum absolute atomic E-state index is 0.316. The Morgan fingerprint density at radius 2 is 1.50 bits per heavy atom. The fourth-order valence-corrected chi connectivity index (χ4v) is 1.90. The quantitative estimate of drug-likeness (QED) is 0.197. The lowest BCUT2D eigenvalue weighted by Gasteiger charge is -2.24. The topological polar surface area (TPSA) is 191 Å². The summed E-state index contributed by atoms with van der Waals surface area (Å²) in [5, 5.41) is 33.9. The molecule has 0 radical (unpaired) electrons. The molecule has 150 valence electrons. The summed E-state index contributed by atoms with van der Waals surface area (Å²) in [5.74, 6) is -3.93. The fraction of sp³-hybridized carbons (Fsp3) is 0.733. The number of hydrogen-bond acceptors (Lipinski definition) is 7. The summed E-state index contributed by atoms with van der Waals surface area (Å²) in [6.45, 7) is 3.39. The molecule has 0 aliphatic heterocycles. The van der Waals surface area contributed by atoms with Crippen LogP contribution in [0.5, 0.6) is 0 Å². The maximum absolute atomic E-state index is 12.1. The lowest BCUT2D eigenvalue weighted by molar-refractivity contribution is -0.143. The number of hydrogen-bond donors (Lipinski definition) is 7. The first-order valence-electron chi connectivity index (χ1n) is 8.20. The maximum atomic E-state index is 12.1. The third kappa shape index (κ3) is 7.33. The van der Waals surface area contributed by atoms with Crippen molar-refractivity contribution < 1.29 is 34.5 Å². The van der Waals surface area contributed by atoms with Gasteiger partial charge in [0.25, 0.3) is 0 Å². The van der Waals surface area contributed by atoms with Gasteiger partial charge in [0.1, 0.15) is 24.2 Å². The summed E-state index contributed by atoms with van der Waals surface area (Å²) in [6, 6.07) is -4.85. The molecule has 5 atom stereocenters. The van der Waals surface area contributed by atoms with Crippen molar-refractivity contribution in [2.75, 3.05) is 13.2 Å². The molecule has 0 spiro atoms. The van der Waals surface area contributed by atoms with E-state index in [1.54, 1.807) is 13.8 Å². The Kier molecular flexibility index (Phi) is 10.4. The number of amides is 3. The van der Waals surface area contributed by atoms with Gasteiger partial charge in [-0.25, -0.2) is 4.79 Å². The average Bonchev–Trinajstić information content (AvgIpc) is 2.61. The average molecular weight is 376 g/mol. The van der Waals surface area contributed by atoms with Gasteiger partial charge in [0.15, 0.2) is 0 Å². The van der Waals surface area contributed by atoms with Crippen molar-refractivity contribution in [3.63, 3.8) is 0 Å². The molecule has 5 unspecified atom stereocenters. The molecule has 0 aromatic heterocycles. The predicted octanol–water partition coefficient (Wildman–Crippen LogP) is -3.10. The molecular weight excluding hydrogens is 348 g/mol. The number of nitrogens with one attached hydrogen (secondary N) is 3. The van der Waals surface area contributed by atoms with Crippen LogP contribution in [0.25, 0.3) is 0 Å². The van der Waals surface area contributed by atoms with E-state index in [0.29, 0.717) is 6.42 Å². The molecule has 11 nitrogen and oxygen atoms in total. The van der Waals surface area contributed by atoms with Crippen LogP contribution in [0.2, 0.25) is 0 Å². The first kappa shape index (κ1) is 23.8. The van der Waals surface area contributed by atoms with Gasteiger partial charge in [-0.3, -0.25) is 14.4 Å². The first-order chi connectivity index (χ1) is 12.1. The molecule has 0 heterocycles. The number of carbonyl (C=O) groups excluding carboxylic acids is 3. The van der Waals surface area contributed by atoms with Crippen molar-refractivity contribution in [3.8, 4) is 0 Å². The van der Waals surface area contributed by atoms with Crippen LogP contribution in [-0.2, 0) is 19.2 Å². The molecule has 0 aliphatic rings. The minimum atomic E-state index is -1.37. The predicted molar refractivity (Wildman–Crippen MR) is 90.7 cm³/mol. The highest BCUT2D eigenvalue weighted by Crippen LogP contribution is 2.08. The molecule has 0 aromatic rings. The number of carboxylic acid groups (broad SMARTS) is 1. The highest BCUT2D eigenvalue weighted by molar-refractivity contribution is 5.94. The van der Waals surface area contributed by atoms with Gasteiger partial charge in [0, 0.05) is 0 Å². The van der Waals surface area contributed by atoms with Crippen LogP contribution in [0.15, 0.2) is 0 Å². The molecule has 0 aromatic carbocycles. The number of carboxylic acids is 1. The van der Waals surface area contributed by atoms with Crippen molar-refractivity contribution >= 4 is 23.7 Å². The van der Waals surface area contributed by atoms with E-state index in [9.17, 15) is 29.4 Å². The zero-order chi connectivity index (χ0) is 20.4. The number of nitrogens with two attached hydrogens (primary N) is 1. The number of rotatable bonds is 11. The summed E-state index contributed by atoms with van der Waals surface area (Å²) in [5.41, 5.74) is 5.30. The summed E-state index contributed by atoms with van der Waals surface area (Å²) in [7, 11) is 0. The first-order valence-corrected chi connectivity index (χ1v) is 8.20. The minimum Gasteiger partial charge on any atom is -0.480 e. The van der Waals surface area contributed by atoms with Crippen LogP contribution in [-0.4, -0.2) is 76.4 Å². The van der Waals surface area contributed by atoms with Crippen molar-refractivity contribution in [1.29, 1.82) is 0 Å². The summed E-state index contributed by atoms with van der Waals surface area (Å²) < 4.78 is 0. The highest BCUT2D eigenvalue weighted by Gasteiger charge is 2.29. The molecule has 0 saturated carbocycles. The molecule has 0 rings (SSSR count). The van der Waals surface area contributed by atoms with Gasteiger partial charge in [0.05, 0.1) is 13.2 Å². The fourth-order valence-electron chi connectivity index (χ4n) is 1.90. The van der Waals surface area contributed by atoms with Gasteiger partial charge in [-0.1, -0.05) is 20.3 Å². The maximum Gasteiger partial charge on any atom is 0.326 e. The van der Waals surface area contributed by atoms with Gasteiger partial charge in [0.2, 0.25) is 17.7 Å². The van der Waals surface area contributed by atoms with Crippen LogP contribution in [0.1, 0.15) is 27.2 Å². The van der Waals surface area contributed by atoms with Crippen LogP contribution in [0.4, 0.5) is 0 Å². The van der Waals surface area contributed by atoms with Gasteiger partial charge in [-0.15, -0.1) is 0 Å². The van der Waals surface area contributed by atoms with E-state index in [1.807, 2.05) is 0 Å². The summed E-state index contributed by atoms with van der Waals surface area (Å²) >= 11 is 0. The molecule has 0 fully saturated rings. The van der Waals surface area contributed by atoms with Crippen LogP contribution in [0.3, 0.4) is 0 Å². The van der Waals surface area contributed by atoms with Crippen LogP contribution < -0.4 is 21.7 Å². The second-order valence-corrected chi connectivity index (χ2v) is 5.97. The molecule has 0 aliphatic carbocycles. The molecular formula is C15H28N4O7. The highest BCUT2D eigenvalue weighted by atomic mass is 16.4. The zero-order valence-corrected chi connectivity index (χ0v) is 15.1. The Morgan fingerprint density at radius 1 is 0.923 bits per heavy atom. The van der Waals surface area contributed by atoms with Gasteiger partial charge >= 0.3 is 5.97 Å². The SMILES string of the molecule is CCC(C)C(NC(=O)C(C)NC(=O)C(CO)NC(=O)C(N)CO)C(=O)O. The normalized spacial score (nSPS) is 16.5. The Balaban J connectivity index is 4.82. The lowest BCUT2D eigenvalue weighted by atomic mass is 9.99. The van der Waals surface area contributed by atoms with E-state index >= 15 is 0 Å². The summed E-state index contributed by atoms with van der Waals surface area (Å²) in [4.78, 5) is 47.0. The van der Waals surface area contributed by atoms with Crippen LogP contribution in [0, 0.1) is 5.92 Å². The number of aliphatic hydroxyl groups excluding tert-OH is 2. The largest absolute Gasteiger partial charge is 0.480 e. The Morgan fingerprint density at radius 3 is 1.92 bits per heavy atom. The van der Waals surface area contributed by atoms with Crippen molar-refractivity contribution in [3.05, 3.63) is 0 Å². The second-order valence-electron chi connectivity index (χ2n) is 5.97. The van der Waals surface area contributed by atoms with Crippen molar-refractivity contribution in [2.45, 2.75) is 51.4 Å². The summed E-state index contributed by atoms with van der Waals surface area (Å²) in [6.07, 6.45) is 0.529. The van der Waals surface area contributed by atoms with E-state index in [1.165, 1.54) is 6.92 Å². The van der Waals surface area contributed by atoms with Gasteiger partial charge in [-0.05, 0) is 12.8 Å². The smallest absolute Gasteiger partial charge is 0.326 e.